The molecule has 0 spiro atoms. The highest BCUT2D eigenvalue weighted by atomic mass is 16.4. The Morgan fingerprint density at radius 3 is 2.33 bits per heavy atom. The van der Waals surface area contributed by atoms with Crippen LogP contribution in [-0.2, 0) is 9.59 Å². The maximum absolute atomic E-state index is 11.7. The molecule has 7 heteroatoms. The number of carbonyl (C=O) groups is 3. The molecule has 4 N–H and O–H groups in total. The monoisotopic (exact) mass is 257 g/mol. The number of carboxylic acids is 1. The average molecular weight is 257 g/mol. The van der Waals surface area contributed by atoms with Crippen molar-refractivity contribution in [2.75, 3.05) is 7.05 Å². The molecule has 1 aliphatic rings. The Morgan fingerprint density at radius 2 is 1.94 bits per heavy atom. The summed E-state index contributed by atoms with van der Waals surface area (Å²) in [6, 6.07) is -1.16. The summed E-state index contributed by atoms with van der Waals surface area (Å²) in [4.78, 5) is 33.6. The summed E-state index contributed by atoms with van der Waals surface area (Å²) >= 11 is 0. The molecule has 0 aliphatic heterocycles. The Morgan fingerprint density at radius 1 is 1.33 bits per heavy atom. The molecule has 18 heavy (non-hydrogen) atoms. The maximum Gasteiger partial charge on any atom is 0.315 e. The van der Waals surface area contributed by atoms with Crippen molar-refractivity contribution in [2.24, 2.45) is 0 Å². The highest BCUT2D eigenvalue weighted by Gasteiger charge is 2.40. The third-order valence-corrected chi connectivity index (χ3v) is 3.17. The van der Waals surface area contributed by atoms with Gasteiger partial charge in [-0.25, -0.2) is 4.79 Å². The van der Waals surface area contributed by atoms with E-state index in [-0.39, 0.29) is 12.3 Å². The molecule has 0 aromatic heterocycles. The minimum atomic E-state index is -0.936. The molecule has 0 saturated heterocycles. The van der Waals surface area contributed by atoms with Crippen molar-refractivity contribution in [3.8, 4) is 0 Å². The van der Waals surface area contributed by atoms with Crippen LogP contribution in [0.15, 0.2) is 0 Å². The summed E-state index contributed by atoms with van der Waals surface area (Å²) in [5.41, 5.74) is -0.654. The zero-order valence-electron chi connectivity index (χ0n) is 10.6. The van der Waals surface area contributed by atoms with E-state index in [1.54, 1.807) is 6.92 Å². The molecule has 0 radical (unpaired) electrons. The number of rotatable bonds is 5. The van der Waals surface area contributed by atoms with Crippen LogP contribution in [-0.4, -0.2) is 41.6 Å². The SMILES string of the molecule is CNC(=O)C(C)NC(=O)NC1(CC(=O)O)CCC1. The molecule has 102 valence electrons. The Labute approximate surface area is 105 Å². The normalized spacial score (nSPS) is 18.1. The molecule has 0 bridgehead atoms. The minimum Gasteiger partial charge on any atom is -0.481 e. The van der Waals surface area contributed by atoms with E-state index in [0.717, 1.165) is 6.42 Å². The van der Waals surface area contributed by atoms with Crippen molar-refractivity contribution in [2.45, 2.75) is 44.2 Å². The second-order valence-electron chi connectivity index (χ2n) is 4.64. The first-order valence-corrected chi connectivity index (χ1v) is 5.90. The highest BCUT2D eigenvalue weighted by Crippen LogP contribution is 2.34. The molecule has 0 aromatic rings. The van der Waals surface area contributed by atoms with E-state index >= 15 is 0 Å². The van der Waals surface area contributed by atoms with Crippen molar-refractivity contribution in [3.05, 3.63) is 0 Å². The number of nitrogens with one attached hydrogen (secondary N) is 3. The fourth-order valence-corrected chi connectivity index (χ4v) is 1.99. The van der Waals surface area contributed by atoms with Crippen LogP contribution in [0.25, 0.3) is 0 Å². The smallest absolute Gasteiger partial charge is 0.315 e. The number of hydrogen-bond donors (Lipinski definition) is 4. The Bertz CT molecular complexity index is 352. The van der Waals surface area contributed by atoms with Crippen molar-refractivity contribution in [3.63, 3.8) is 0 Å². The van der Waals surface area contributed by atoms with Crippen LogP contribution >= 0.6 is 0 Å². The number of likely N-dealkylation sites (N-methyl/N-ethyl adjacent to an activating group) is 1. The third-order valence-electron chi connectivity index (χ3n) is 3.17. The lowest BCUT2D eigenvalue weighted by atomic mass is 9.74. The fourth-order valence-electron chi connectivity index (χ4n) is 1.99. The van der Waals surface area contributed by atoms with Crippen LogP contribution in [0.1, 0.15) is 32.6 Å². The number of aliphatic carboxylic acids is 1. The molecular weight excluding hydrogens is 238 g/mol. The van der Waals surface area contributed by atoms with Crippen LogP contribution in [0, 0.1) is 0 Å². The van der Waals surface area contributed by atoms with Gasteiger partial charge in [0.25, 0.3) is 0 Å². The van der Waals surface area contributed by atoms with E-state index in [1.807, 2.05) is 0 Å². The van der Waals surface area contributed by atoms with Gasteiger partial charge < -0.3 is 21.1 Å². The van der Waals surface area contributed by atoms with Crippen molar-refractivity contribution >= 4 is 17.9 Å². The fraction of sp³-hybridized carbons (Fsp3) is 0.727. The van der Waals surface area contributed by atoms with Gasteiger partial charge in [-0.3, -0.25) is 9.59 Å². The van der Waals surface area contributed by atoms with Gasteiger partial charge in [-0.05, 0) is 26.2 Å². The van der Waals surface area contributed by atoms with E-state index < -0.39 is 23.6 Å². The topological polar surface area (TPSA) is 108 Å². The summed E-state index contributed by atoms with van der Waals surface area (Å²) in [6.07, 6.45) is 2.12. The lowest BCUT2D eigenvalue weighted by Gasteiger charge is -2.41. The molecule has 3 amide bonds. The van der Waals surface area contributed by atoms with Crippen molar-refractivity contribution < 1.29 is 19.5 Å². The van der Waals surface area contributed by atoms with E-state index in [0.29, 0.717) is 12.8 Å². The van der Waals surface area contributed by atoms with Gasteiger partial charge in [-0.15, -0.1) is 0 Å². The molecule has 0 heterocycles. The predicted octanol–water partition coefficient (Wildman–Crippen LogP) is -0.182. The van der Waals surface area contributed by atoms with E-state index in [4.69, 9.17) is 5.11 Å². The first-order valence-electron chi connectivity index (χ1n) is 5.90. The minimum absolute atomic E-state index is 0.0885. The Hall–Kier alpha value is -1.79. The van der Waals surface area contributed by atoms with Crippen molar-refractivity contribution in [1.82, 2.24) is 16.0 Å². The standard InChI is InChI=1S/C11H19N3O4/c1-7(9(17)12-2)13-10(18)14-11(4-3-5-11)6-8(15)16/h7H,3-6H2,1-2H3,(H,12,17)(H,15,16)(H2,13,14,18). The lowest BCUT2D eigenvalue weighted by Crippen LogP contribution is -2.59. The van der Waals surface area contributed by atoms with E-state index in [9.17, 15) is 14.4 Å². The molecule has 1 rings (SSSR count). The van der Waals surface area contributed by atoms with Crippen LogP contribution in [0.4, 0.5) is 4.79 Å². The summed E-state index contributed by atoms with van der Waals surface area (Å²) in [5, 5.41) is 16.3. The second kappa shape index (κ2) is 5.70. The molecule has 0 aromatic carbocycles. The largest absolute Gasteiger partial charge is 0.481 e. The third kappa shape index (κ3) is 3.61. The van der Waals surface area contributed by atoms with Crippen LogP contribution in [0.5, 0.6) is 0 Å². The van der Waals surface area contributed by atoms with Gasteiger partial charge in [0.15, 0.2) is 0 Å². The zero-order valence-corrected chi connectivity index (χ0v) is 10.6. The van der Waals surface area contributed by atoms with Crippen LogP contribution < -0.4 is 16.0 Å². The number of amides is 3. The van der Waals surface area contributed by atoms with E-state index in [2.05, 4.69) is 16.0 Å². The van der Waals surface area contributed by atoms with Gasteiger partial charge in [0.2, 0.25) is 5.91 Å². The second-order valence-corrected chi connectivity index (χ2v) is 4.64. The predicted molar refractivity (Wildman–Crippen MR) is 64.0 cm³/mol. The average Bonchev–Trinajstić information content (AvgIpc) is 2.23. The number of urea groups is 1. The Kier molecular flexibility index (Phi) is 4.52. The van der Waals surface area contributed by atoms with Gasteiger partial charge in [-0.1, -0.05) is 0 Å². The molecule has 7 nitrogen and oxygen atoms in total. The highest BCUT2D eigenvalue weighted by molar-refractivity contribution is 5.87. The molecule has 1 saturated carbocycles. The van der Waals surface area contributed by atoms with E-state index in [1.165, 1.54) is 7.05 Å². The van der Waals surface area contributed by atoms with Crippen LogP contribution in [0.2, 0.25) is 0 Å². The van der Waals surface area contributed by atoms with Gasteiger partial charge in [0, 0.05) is 7.05 Å². The summed E-state index contributed by atoms with van der Waals surface area (Å²) < 4.78 is 0. The molecular formula is C11H19N3O4. The molecule has 1 unspecified atom stereocenters. The Balaban J connectivity index is 2.48. The zero-order chi connectivity index (χ0) is 13.8. The first kappa shape index (κ1) is 14.3. The van der Waals surface area contributed by atoms with Crippen LogP contribution in [0.3, 0.4) is 0 Å². The van der Waals surface area contributed by atoms with Gasteiger partial charge in [0.05, 0.1) is 12.0 Å². The quantitative estimate of drug-likeness (QED) is 0.548. The summed E-state index contributed by atoms with van der Waals surface area (Å²) in [5.74, 6) is -1.24. The first-order chi connectivity index (χ1) is 8.38. The molecule has 1 aliphatic carbocycles. The number of hydrogen-bond acceptors (Lipinski definition) is 3. The summed E-state index contributed by atoms with van der Waals surface area (Å²) in [6.45, 7) is 1.56. The number of carboxylic acid groups (broad SMARTS) is 1. The molecule has 1 atom stereocenters. The molecule has 1 fully saturated rings. The van der Waals surface area contributed by atoms with Crippen molar-refractivity contribution in [1.29, 1.82) is 0 Å². The maximum atomic E-state index is 11.7. The van der Waals surface area contributed by atoms with Gasteiger partial charge in [0.1, 0.15) is 6.04 Å². The lowest BCUT2D eigenvalue weighted by molar-refractivity contribution is -0.139. The van der Waals surface area contributed by atoms with Gasteiger partial charge >= 0.3 is 12.0 Å². The van der Waals surface area contributed by atoms with Gasteiger partial charge in [-0.2, -0.15) is 0 Å². The number of carbonyl (C=O) groups excluding carboxylic acids is 2. The summed E-state index contributed by atoms with van der Waals surface area (Å²) in [7, 11) is 1.48.